The number of carbonyl (C=O) groups excluding carboxylic acids is 1. The predicted molar refractivity (Wildman–Crippen MR) is 116 cm³/mol. The van der Waals surface area contributed by atoms with E-state index in [1.165, 1.54) is 0 Å². The summed E-state index contributed by atoms with van der Waals surface area (Å²) in [5, 5.41) is 3.02. The minimum Gasteiger partial charge on any atom is -0.493 e. The van der Waals surface area contributed by atoms with E-state index < -0.39 is 5.54 Å². The van der Waals surface area contributed by atoms with Gasteiger partial charge >= 0.3 is 0 Å². The maximum Gasteiger partial charge on any atom is 0.241 e. The summed E-state index contributed by atoms with van der Waals surface area (Å²) in [7, 11) is 0. The minimum absolute atomic E-state index is 0. The van der Waals surface area contributed by atoms with E-state index >= 15 is 0 Å². The Morgan fingerprint density at radius 3 is 2.61 bits per heavy atom. The van der Waals surface area contributed by atoms with Gasteiger partial charge < -0.3 is 20.5 Å². The van der Waals surface area contributed by atoms with Crippen LogP contribution in [0.3, 0.4) is 0 Å². The first kappa shape index (κ1) is 24.7. The van der Waals surface area contributed by atoms with Crippen LogP contribution in [0.15, 0.2) is 18.2 Å². The van der Waals surface area contributed by atoms with Gasteiger partial charge in [0.1, 0.15) is 11.3 Å². The van der Waals surface area contributed by atoms with Gasteiger partial charge in [-0.1, -0.05) is 45.7 Å². The standard InChI is InChI=1S/C22H36N2O3.ClH/c1-6-8-9-12-27-18-13-16(3)10-11-17(18)15-24-20(25)22(23)14-19(26-7-2)21(22,4)5;/h10-11,13,19H,6-9,12,14-15,23H2,1-5H3,(H,24,25);1H. The molecule has 0 saturated heterocycles. The van der Waals surface area contributed by atoms with Gasteiger partial charge in [0, 0.05) is 30.6 Å². The smallest absolute Gasteiger partial charge is 0.241 e. The van der Waals surface area contributed by atoms with Gasteiger partial charge in [0.05, 0.1) is 12.7 Å². The number of nitrogens with one attached hydrogen (secondary N) is 1. The van der Waals surface area contributed by atoms with Gasteiger partial charge in [-0.3, -0.25) is 4.79 Å². The number of hydrogen-bond donors (Lipinski definition) is 2. The molecule has 1 saturated carbocycles. The number of carbonyl (C=O) groups is 1. The number of rotatable bonds is 10. The highest BCUT2D eigenvalue weighted by molar-refractivity contribution is 5.88. The molecule has 0 bridgehead atoms. The maximum atomic E-state index is 12.8. The van der Waals surface area contributed by atoms with Crippen LogP contribution in [0.25, 0.3) is 0 Å². The molecule has 0 radical (unpaired) electrons. The lowest BCUT2D eigenvalue weighted by Gasteiger charge is -2.57. The van der Waals surface area contributed by atoms with E-state index in [9.17, 15) is 4.79 Å². The fourth-order valence-electron chi connectivity index (χ4n) is 3.63. The van der Waals surface area contributed by atoms with Crippen LogP contribution in [0.4, 0.5) is 0 Å². The van der Waals surface area contributed by atoms with Crippen molar-refractivity contribution in [3.05, 3.63) is 29.3 Å². The Kier molecular flexibility index (Phi) is 9.25. The number of nitrogens with two attached hydrogens (primary N) is 1. The summed E-state index contributed by atoms with van der Waals surface area (Å²) in [6.07, 6.45) is 3.93. The van der Waals surface area contributed by atoms with Gasteiger partial charge in [0.25, 0.3) is 0 Å². The fourth-order valence-corrected chi connectivity index (χ4v) is 3.63. The lowest BCUT2D eigenvalue weighted by Crippen LogP contribution is -2.75. The normalized spacial score (nSPS) is 22.7. The molecule has 2 rings (SSSR count). The lowest BCUT2D eigenvalue weighted by atomic mass is 9.54. The average molecular weight is 413 g/mol. The largest absolute Gasteiger partial charge is 0.493 e. The molecule has 2 unspecified atom stereocenters. The Morgan fingerprint density at radius 1 is 1.29 bits per heavy atom. The lowest BCUT2D eigenvalue weighted by molar-refractivity contribution is -0.170. The third-order valence-electron chi connectivity index (χ3n) is 5.90. The van der Waals surface area contributed by atoms with Crippen LogP contribution in [0.5, 0.6) is 5.75 Å². The summed E-state index contributed by atoms with van der Waals surface area (Å²) in [5.41, 5.74) is 7.29. The molecule has 1 fully saturated rings. The number of hydrogen-bond acceptors (Lipinski definition) is 4. The van der Waals surface area contributed by atoms with Gasteiger partial charge in [-0.2, -0.15) is 0 Å². The van der Waals surface area contributed by atoms with Crippen molar-refractivity contribution in [2.24, 2.45) is 11.1 Å². The summed E-state index contributed by atoms with van der Waals surface area (Å²) in [5.74, 6) is 0.721. The van der Waals surface area contributed by atoms with E-state index in [0.717, 1.165) is 36.1 Å². The van der Waals surface area contributed by atoms with Crippen molar-refractivity contribution in [2.45, 2.75) is 78.5 Å². The first-order valence-corrected chi connectivity index (χ1v) is 10.2. The molecule has 160 valence electrons. The molecule has 0 heterocycles. The summed E-state index contributed by atoms with van der Waals surface area (Å²) in [6, 6.07) is 6.09. The van der Waals surface area contributed by atoms with E-state index in [1.807, 2.05) is 45.9 Å². The van der Waals surface area contributed by atoms with Gasteiger partial charge in [0.2, 0.25) is 5.91 Å². The third-order valence-corrected chi connectivity index (χ3v) is 5.90. The molecule has 1 aromatic rings. The monoisotopic (exact) mass is 412 g/mol. The summed E-state index contributed by atoms with van der Waals surface area (Å²) in [6.45, 7) is 11.9. The molecule has 1 aromatic carbocycles. The van der Waals surface area contributed by atoms with Crippen molar-refractivity contribution >= 4 is 18.3 Å². The highest BCUT2D eigenvalue weighted by Crippen LogP contribution is 2.49. The molecule has 0 spiro atoms. The Labute approximate surface area is 176 Å². The van der Waals surface area contributed by atoms with Gasteiger partial charge in [0.15, 0.2) is 0 Å². The van der Waals surface area contributed by atoms with Crippen molar-refractivity contribution < 1.29 is 14.3 Å². The predicted octanol–water partition coefficient (Wildman–Crippen LogP) is 4.13. The summed E-state index contributed by atoms with van der Waals surface area (Å²) >= 11 is 0. The Morgan fingerprint density at radius 2 is 2.00 bits per heavy atom. The zero-order valence-corrected chi connectivity index (χ0v) is 18.8. The molecule has 28 heavy (non-hydrogen) atoms. The van der Waals surface area contributed by atoms with E-state index in [-0.39, 0.29) is 29.8 Å². The molecule has 1 aliphatic rings. The Hall–Kier alpha value is -1.30. The number of aryl methyl sites for hydroxylation is 1. The molecule has 6 heteroatoms. The quantitative estimate of drug-likeness (QED) is 0.566. The average Bonchev–Trinajstić information content (AvgIpc) is 2.63. The Bertz CT molecular complexity index is 651. The van der Waals surface area contributed by atoms with Crippen LogP contribution in [-0.4, -0.2) is 30.8 Å². The van der Waals surface area contributed by atoms with Gasteiger partial charge in [-0.25, -0.2) is 0 Å². The molecule has 3 N–H and O–H groups in total. The molecule has 0 aliphatic heterocycles. The van der Waals surface area contributed by atoms with Crippen LogP contribution >= 0.6 is 12.4 Å². The second-order valence-corrected chi connectivity index (χ2v) is 8.19. The topological polar surface area (TPSA) is 73.6 Å². The van der Waals surface area contributed by atoms with Crippen LogP contribution in [-0.2, 0) is 16.1 Å². The molecule has 1 aliphatic carbocycles. The highest BCUT2D eigenvalue weighted by Gasteiger charge is 2.62. The molecule has 5 nitrogen and oxygen atoms in total. The van der Waals surface area contributed by atoms with Gasteiger partial charge in [-0.15, -0.1) is 12.4 Å². The van der Waals surface area contributed by atoms with Crippen molar-refractivity contribution in [3.8, 4) is 5.75 Å². The maximum absolute atomic E-state index is 12.8. The first-order chi connectivity index (χ1) is 12.8. The Balaban J connectivity index is 0.00000392. The van der Waals surface area contributed by atoms with E-state index in [2.05, 4.69) is 12.2 Å². The second kappa shape index (κ2) is 10.5. The van der Waals surface area contributed by atoms with Crippen LogP contribution in [0, 0.1) is 12.3 Å². The number of benzene rings is 1. The van der Waals surface area contributed by atoms with Crippen LogP contribution in [0.2, 0.25) is 0 Å². The number of halogens is 1. The van der Waals surface area contributed by atoms with E-state index in [0.29, 0.717) is 26.2 Å². The molecular formula is C22H37ClN2O3. The molecule has 0 aromatic heterocycles. The summed E-state index contributed by atoms with van der Waals surface area (Å²) in [4.78, 5) is 12.8. The van der Waals surface area contributed by atoms with E-state index in [4.69, 9.17) is 15.2 Å². The van der Waals surface area contributed by atoms with Crippen molar-refractivity contribution in [2.75, 3.05) is 13.2 Å². The second-order valence-electron chi connectivity index (χ2n) is 8.19. The van der Waals surface area contributed by atoms with Crippen LogP contribution < -0.4 is 15.8 Å². The van der Waals surface area contributed by atoms with Crippen molar-refractivity contribution in [3.63, 3.8) is 0 Å². The van der Waals surface area contributed by atoms with Gasteiger partial charge in [-0.05, 0) is 31.9 Å². The van der Waals surface area contributed by atoms with Crippen molar-refractivity contribution in [1.82, 2.24) is 5.32 Å². The first-order valence-electron chi connectivity index (χ1n) is 10.2. The van der Waals surface area contributed by atoms with Crippen molar-refractivity contribution in [1.29, 1.82) is 0 Å². The molecule has 1 amide bonds. The number of ether oxygens (including phenoxy) is 2. The molecule has 2 atom stereocenters. The number of unbranched alkanes of at least 4 members (excludes halogenated alkanes) is 2. The molecular weight excluding hydrogens is 376 g/mol. The van der Waals surface area contributed by atoms with E-state index in [1.54, 1.807) is 0 Å². The SMILES string of the molecule is CCCCCOc1cc(C)ccc1CNC(=O)C1(N)CC(OCC)C1(C)C.Cl. The third kappa shape index (κ3) is 5.19. The minimum atomic E-state index is -0.903. The fraction of sp³-hybridized carbons (Fsp3) is 0.682. The number of amides is 1. The zero-order valence-electron chi connectivity index (χ0n) is 18.0. The van der Waals surface area contributed by atoms with Crippen LogP contribution in [0.1, 0.15) is 64.5 Å². The zero-order chi connectivity index (χ0) is 20.1. The summed E-state index contributed by atoms with van der Waals surface area (Å²) < 4.78 is 11.7. The highest BCUT2D eigenvalue weighted by atomic mass is 35.5.